The number of hydrogen-bond acceptors (Lipinski definition) is 8. The largest absolute Gasteiger partial charge is 0.497 e. The van der Waals surface area contributed by atoms with Crippen molar-refractivity contribution < 1.29 is 28.0 Å². The van der Waals surface area contributed by atoms with Crippen LogP contribution in [0.25, 0.3) is 0 Å². The first-order valence-corrected chi connectivity index (χ1v) is 15.9. The molecule has 1 saturated carbocycles. The molecule has 1 aliphatic rings. The average Bonchev–Trinajstić information content (AvgIpc) is 2.83. The van der Waals surface area contributed by atoms with Crippen LogP contribution in [-0.2, 0) is 13.6 Å². The zero-order valence-electron chi connectivity index (χ0n) is 23.5. The minimum Gasteiger partial charge on any atom is -0.390 e. The normalized spacial score (nSPS) is 22.0. The lowest BCUT2D eigenvalue weighted by molar-refractivity contribution is -0.0188. The third kappa shape index (κ3) is 10.4. The summed E-state index contributed by atoms with van der Waals surface area (Å²) >= 11 is 1.24. The van der Waals surface area contributed by atoms with Crippen LogP contribution in [0.3, 0.4) is 0 Å². The molecule has 3 N–H and O–H groups in total. The number of ether oxygens (including phenoxy) is 1. The molecule has 1 aromatic rings. The van der Waals surface area contributed by atoms with Crippen LogP contribution in [0.15, 0.2) is 30.3 Å². The third-order valence-corrected chi connectivity index (χ3v) is 10.1. The van der Waals surface area contributed by atoms with E-state index in [1.807, 2.05) is 18.2 Å². The number of carbonyl (C=O) groups is 2. The first-order chi connectivity index (χ1) is 17.2. The van der Waals surface area contributed by atoms with E-state index in [2.05, 4.69) is 31.4 Å². The van der Waals surface area contributed by atoms with E-state index >= 15 is 0 Å². The van der Waals surface area contributed by atoms with Gasteiger partial charge in [-0.05, 0) is 50.4 Å². The van der Waals surface area contributed by atoms with Crippen molar-refractivity contribution in [3.63, 3.8) is 0 Å². The number of hydrogen-bond donors (Lipinski definition) is 3. The van der Waals surface area contributed by atoms with Gasteiger partial charge >= 0.3 is 8.80 Å². The molecule has 2 unspecified atom stereocenters. The topological polar surface area (TPSA) is 106 Å². The van der Waals surface area contributed by atoms with E-state index in [0.29, 0.717) is 23.8 Å². The van der Waals surface area contributed by atoms with Gasteiger partial charge in [-0.2, -0.15) is 0 Å². The Morgan fingerprint density at radius 3 is 2.41 bits per heavy atom. The molecule has 2 rings (SSSR count). The first kappa shape index (κ1) is 31.9. The van der Waals surface area contributed by atoms with E-state index in [1.54, 1.807) is 26.0 Å². The summed E-state index contributed by atoms with van der Waals surface area (Å²) in [5, 5.41) is 6.57. The number of amides is 1. The minimum absolute atomic E-state index is 0.0275. The van der Waals surface area contributed by atoms with Crippen LogP contribution in [0.5, 0.6) is 0 Å². The fourth-order valence-corrected chi connectivity index (χ4v) is 7.59. The maximum atomic E-state index is 12.8. The predicted octanol–water partition coefficient (Wildman–Crippen LogP) is 4.85. The van der Waals surface area contributed by atoms with E-state index in [0.717, 1.165) is 25.8 Å². The maximum absolute atomic E-state index is 12.8. The first-order valence-electron chi connectivity index (χ1n) is 12.9. The van der Waals surface area contributed by atoms with Crippen LogP contribution < -0.4 is 10.6 Å². The van der Waals surface area contributed by atoms with Gasteiger partial charge in [0.05, 0.1) is 6.73 Å². The fraction of sp³-hybridized carbons (Fsp3) is 0.704. The molecule has 1 fully saturated rings. The second-order valence-electron chi connectivity index (χ2n) is 11.7. The van der Waals surface area contributed by atoms with E-state index in [-0.39, 0.29) is 34.6 Å². The Kier molecular flexibility index (Phi) is 11.8. The number of nitrogens with one attached hydrogen (secondary N) is 2. The molecule has 0 heterocycles. The molecule has 0 saturated heterocycles. The predicted molar refractivity (Wildman–Crippen MR) is 151 cm³/mol. The summed E-state index contributed by atoms with van der Waals surface area (Å²) in [5.74, 6) is 0.550. The van der Waals surface area contributed by atoms with Gasteiger partial charge in [0.2, 0.25) is 0 Å². The molecular formula is C27H46N2O6SSi. The van der Waals surface area contributed by atoms with Gasteiger partial charge < -0.3 is 23.7 Å². The second kappa shape index (κ2) is 13.7. The molecule has 210 valence electrons. The van der Waals surface area contributed by atoms with Gasteiger partial charge in [-0.1, -0.05) is 62.9 Å². The highest BCUT2D eigenvalue weighted by molar-refractivity contribution is 8.13. The van der Waals surface area contributed by atoms with Crippen molar-refractivity contribution in [1.82, 2.24) is 10.6 Å². The van der Waals surface area contributed by atoms with Gasteiger partial charge in [0.1, 0.15) is 5.60 Å². The molecule has 0 bridgehead atoms. The molecule has 0 aromatic heterocycles. The van der Waals surface area contributed by atoms with Crippen molar-refractivity contribution >= 4 is 31.6 Å². The molecular weight excluding hydrogens is 508 g/mol. The van der Waals surface area contributed by atoms with Crippen LogP contribution in [0, 0.1) is 10.8 Å². The Labute approximate surface area is 228 Å². The van der Waals surface area contributed by atoms with Gasteiger partial charge in [-0.15, -0.1) is 0 Å². The smallest absolute Gasteiger partial charge is 0.390 e. The SMILES string of the molecule is CO[Si](O)(CCCSC(=O)NC1CC(C)(C)CC(C)(CNCOC(C)(C)C(=O)c2ccccc2)C1)OC. The Morgan fingerprint density at radius 2 is 1.78 bits per heavy atom. The molecule has 8 nitrogen and oxygen atoms in total. The van der Waals surface area contributed by atoms with Crippen LogP contribution in [0.2, 0.25) is 6.04 Å². The zero-order valence-corrected chi connectivity index (χ0v) is 25.3. The van der Waals surface area contributed by atoms with Gasteiger partial charge in [-0.3, -0.25) is 14.9 Å². The van der Waals surface area contributed by atoms with Crippen molar-refractivity contribution in [2.75, 3.05) is 33.2 Å². The van der Waals surface area contributed by atoms with Crippen LogP contribution in [0.4, 0.5) is 4.79 Å². The highest BCUT2D eigenvalue weighted by Crippen LogP contribution is 2.46. The fourth-order valence-electron chi connectivity index (χ4n) is 5.41. The molecule has 1 aliphatic carbocycles. The number of Topliss-reactive ketones (excluding diaryl/α,β-unsaturated/α-hetero) is 1. The number of rotatable bonds is 14. The van der Waals surface area contributed by atoms with E-state index < -0.39 is 14.4 Å². The molecule has 37 heavy (non-hydrogen) atoms. The molecule has 0 aliphatic heterocycles. The third-order valence-electron chi connectivity index (χ3n) is 6.94. The molecule has 0 radical (unpaired) electrons. The van der Waals surface area contributed by atoms with E-state index in [9.17, 15) is 14.4 Å². The van der Waals surface area contributed by atoms with Crippen molar-refractivity contribution in [2.45, 2.75) is 78.0 Å². The maximum Gasteiger partial charge on any atom is 0.497 e. The quantitative estimate of drug-likeness (QED) is 0.130. The summed E-state index contributed by atoms with van der Waals surface area (Å²) in [6.07, 6.45) is 3.45. The second-order valence-corrected chi connectivity index (χ2v) is 15.5. The summed E-state index contributed by atoms with van der Waals surface area (Å²) in [6.45, 7) is 11.3. The molecule has 0 spiro atoms. The molecule has 10 heteroatoms. The Morgan fingerprint density at radius 1 is 1.14 bits per heavy atom. The van der Waals surface area contributed by atoms with Crippen molar-refractivity contribution in [1.29, 1.82) is 0 Å². The Hall–Kier alpha value is -1.27. The monoisotopic (exact) mass is 554 g/mol. The summed E-state index contributed by atoms with van der Waals surface area (Å²) in [4.78, 5) is 35.6. The van der Waals surface area contributed by atoms with Crippen LogP contribution >= 0.6 is 11.8 Å². The number of ketones is 1. The molecule has 2 atom stereocenters. The van der Waals surface area contributed by atoms with Gasteiger partial charge in [0.25, 0.3) is 5.24 Å². The summed E-state index contributed by atoms with van der Waals surface area (Å²) < 4.78 is 16.1. The molecule has 1 amide bonds. The number of benzene rings is 1. The Bertz CT molecular complexity index is 881. The average molecular weight is 555 g/mol. The standard InChI is InChI=1S/C27H46N2O6SSi/c1-25(2)16-22(29-24(31)36-14-11-15-37(32,33-6)34-7)17-27(5,18-25)19-28-20-35-26(3,4)23(30)21-12-9-8-10-13-21/h8-10,12-13,22,28,32H,11,14-20H2,1-7H3,(H,29,31). The lowest BCUT2D eigenvalue weighted by Gasteiger charge is -2.47. The minimum atomic E-state index is -3.08. The van der Waals surface area contributed by atoms with E-state index in [1.165, 1.54) is 26.0 Å². The summed E-state index contributed by atoms with van der Waals surface area (Å²) in [6, 6.07) is 9.71. The van der Waals surface area contributed by atoms with Gasteiger partial charge in [0.15, 0.2) is 5.78 Å². The van der Waals surface area contributed by atoms with Crippen molar-refractivity contribution in [2.24, 2.45) is 10.8 Å². The van der Waals surface area contributed by atoms with Crippen LogP contribution in [-0.4, -0.2) is 69.5 Å². The van der Waals surface area contributed by atoms with Crippen LogP contribution in [0.1, 0.15) is 70.7 Å². The van der Waals surface area contributed by atoms with Gasteiger partial charge in [-0.25, -0.2) is 0 Å². The Balaban J connectivity index is 1.82. The van der Waals surface area contributed by atoms with Crippen molar-refractivity contribution in [3.8, 4) is 0 Å². The van der Waals surface area contributed by atoms with Gasteiger partial charge in [0, 0.05) is 44.2 Å². The number of carbonyl (C=O) groups excluding carboxylic acids is 2. The zero-order chi connectivity index (χ0) is 27.7. The number of thioether (sulfide) groups is 1. The lowest BCUT2D eigenvalue weighted by Crippen LogP contribution is -2.50. The highest BCUT2D eigenvalue weighted by atomic mass is 32.2. The van der Waals surface area contributed by atoms with Crippen molar-refractivity contribution in [3.05, 3.63) is 35.9 Å². The summed E-state index contributed by atoms with van der Waals surface area (Å²) in [7, 11) is -0.187. The van der Waals surface area contributed by atoms with E-state index in [4.69, 9.17) is 13.6 Å². The summed E-state index contributed by atoms with van der Waals surface area (Å²) in [5.41, 5.74) is -0.236. The highest BCUT2D eigenvalue weighted by Gasteiger charge is 2.42. The molecule has 1 aromatic carbocycles. The lowest BCUT2D eigenvalue weighted by atomic mass is 9.62.